The van der Waals surface area contributed by atoms with E-state index in [0.29, 0.717) is 5.33 Å². The van der Waals surface area contributed by atoms with Gasteiger partial charge >= 0.3 is 0 Å². The maximum Gasteiger partial charge on any atom is 0.146 e. The van der Waals surface area contributed by atoms with E-state index in [0.717, 1.165) is 44.0 Å². The summed E-state index contributed by atoms with van der Waals surface area (Å²) in [6.45, 7) is 7.11. The first-order chi connectivity index (χ1) is 8.26. The van der Waals surface area contributed by atoms with Crippen LogP contribution < -0.4 is 4.90 Å². The van der Waals surface area contributed by atoms with Gasteiger partial charge in [-0.25, -0.2) is 4.39 Å². The Morgan fingerprint density at radius 2 is 1.94 bits per heavy atom. The van der Waals surface area contributed by atoms with Crippen LogP contribution in [0.3, 0.4) is 0 Å². The third-order valence-electron chi connectivity index (χ3n) is 3.35. The highest BCUT2D eigenvalue weighted by molar-refractivity contribution is 9.08. The Balaban J connectivity index is 2.17. The summed E-state index contributed by atoms with van der Waals surface area (Å²) in [5.41, 5.74) is 1.81. The van der Waals surface area contributed by atoms with Crippen LogP contribution in [0, 0.1) is 5.82 Å². The van der Waals surface area contributed by atoms with E-state index in [4.69, 9.17) is 0 Å². The second kappa shape index (κ2) is 5.83. The SMILES string of the molecule is CCN1CCN(c2c(F)cccc2CBr)CC1. The Kier molecular flexibility index (Phi) is 4.40. The van der Waals surface area contributed by atoms with Crippen molar-refractivity contribution in [3.05, 3.63) is 29.6 Å². The van der Waals surface area contributed by atoms with Crippen molar-refractivity contribution in [3.8, 4) is 0 Å². The zero-order valence-corrected chi connectivity index (χ0v) is 11.7. The summed E-state index contributed by atoms with van der Waals surface area (Å²) in [6, 6.07) is 5.31. The molecule has 0 N–H and O–H groups in total. The molecule has 0 aliphatic carbocycles. The zero-order valence-electron chi connectivity index (χ0n) is 10.1. The molecule has 1 saturated heterocycles. The first kappa shape index (κ1) is 12.8. The highest BCUT2D eigenvalue weighted by Crippen LogP contribution is 2.27. The number of benzene rings is 1. The fraction of sp³-hybridized carbons (Fsp3) is 0.538. The number of nitrogens with zero attached hydrogens (tertiary/aromatic N) is 2. The van der Waals surface area contributed by atoms with E-state index in [1.54, 1.807) is 12.1 Å². The standard InChI is InChI=1S/C13H18BrFN2/c1-2-16-6-8-17(9-7-16)13-11(10-14)4-3-5-12(13)15/h3-5H,2,6-10H2,1H3. The van der Waals surface area contributed by atoms with Gasteiger partial charge in [-0.3, -0.25) is 0 Å². The van der Waals surface area contributed by atoms with Gasteiger partial charge in [-0.15, -0.1) is 0 Å². The lowest BCUT2D eigenvalue weighted by Gasteiger charge is -2.36. The molecular formula is C13H18BrFN2. The van der Waals surface area contributed by atoms with E-state index in [2.05, 4.69) is 32.7 Å². The smallest absolute Gasteiger partial charge is 0.146 e. The Morgan fingerprint density at radius 3 is 2.53 bits per heavy atom. The van der Waals surface area contributed by atoms with Crippen LogP contribution in [-0.2, 0) is 5.33 Å². The summed E-state index contributed by atoms with van der Waals surface area (Å²) in [5, 5.41) is 0.702. The van der Waals surface area contributed by atoms with Crippen molar-refractivity contribution in [2.24, 2.45) is 0 Å². The van der Waals surface area contributed by atoms with Gasteiger partial charge in [0.05, 0.1) is 5.69 Å². The summed E-state index contributed by atoms with van der Waals surface area (Å²) < 4.78 is 13.9. The molecule has 0 saturated carbocycles. The summed E-state index contributed by atoms with van der Waals surface area (Å²) in [6.07, 6.45) is 0. The van der Waals surface area contributed by atoms with Crippen LogP contribution in [0.15, 0.2) is 18.2 Å². The van der Waals surface area contributed by atoms with Gasteiger partial charge in [-0.05, 0) is 18.2 Å². The molecule has 1 aromatic rings. The largest absolute Gasteiger partial charge is 0.366 e. The molecule has 1 aliphatic rings. The van der Waals surface area contributed by atoms with Crippen LogP contribution in [-0.4, -0.2) is 37.6 Å². The molecule has 0 aromatic heterocycles. The van der Waals surface area contributed by atoms with Gasteiger partial charge in [-0.1, -0.05) is 35.0 Å². The predicted octanol–water partition coefficient (Wildman–Crippen LogP) is 2.86. The molecule has 1 fully saturated rings. The normalized spacial score (nSPS) is 17.5. The number of alkyl halides is 1. The molecule has 0 atom stereocenters. The summed E-state index contributed by atoms with van der Waals surface area (Å²) in [4.78, 5) is 4.56. The summed E-state index contributed by atoms with van der Waals surface area (Å²) >= 11 is 3.43. The minimum Gasteiger partial charge on any atom is -0.366 e. The molecule has 0 spiro atoms. The quantitative estimate of drug-likeness (QED) is 0.792. The molecule has 17 heavy (non-hydrogen) atoms. The molecule has 94 valence electrons. The van der Waals surface area contributed by atoms with Crippen LogP contribution in [0.5, 0.6) is 0 Å². The van der Waals surface area contributed by atoms with Crippen LogP contribution >= 0.6 is 15.9 Å². The van der Waals surface area contributed by atoms with Crippen LogP contribution in [0.4, 0.5) is 10.1 Å². The molecule has 4 heteroatoms. The van der Waals surface area contributed by atoms with E-state index in [1.807, 2.05) is 6.07 Å². The number of halogens is 2. The lowest BCUT2D eigenvalue weighted by Crippen LogP contribution is -2.46. The fourth-order valence-electron chi connectivity index (χ4n) is 2.31. The van der Waals surface area contributed by atoms with Crippen molar-refractivity contribution in [1.29, 1.82) is 0 Å². The Labute approximate surface area is 111 Å². The third-order valence-corrected chi connectivity index (χ3v) is 3.95. The summed E-state index contributed by atoms with van der Waals surface area (Å²) in [5.74, 6) is -0.105. The first-order valence-corrected chi connectivity index (χ1v) is 7.19. The molecule has 0 radical (unpaired) electrons. The van der Waals surface area contributed by atoms with Gasteiger partial charge in [0.15, 0.2) is 0 Å². The van der Waals surface area contributed by atoms with E-state index >= 15 is 0 Å². The third kappa shape index (κ3) is 2.80. The lowest BCUT2D eigenvalue weighted by molar-refractivity contribution is 0.270. The van der Waals surface area contributed by atoms with E-state index in [9.17, 15) is 4.39 Å². The topological polar surface area (TPSA) is 6.48 Å². The van der Waals surface area contributed by atoms with Crippen LogP contribution in [0.1, 0.15) is 12.5 Å². The second-order valence-electron chi connectivity index (χ2n) is 4.30. The molecule has 0 unspecified atom stereocenters. The van der Waals surface area contributed by atoms with Crippen molar-refractivity contribution >= 4 is 21.6 Å². The monoisotopic (exact) mass is 300 g/mol. The number of anilines is 1. The Morgan fingerprint density at radius 1 is 1.24 bits per heavy atom. The Hall–Kier alpha value is -0.610. The van der Waals surface area contributed by atoms with E-state index in [-0.39, 0.29) is 5.82 Å². The van der Waals surface area contributed by atoms with Crippen molar-refractivity contribution in [2.75, 3.05) is 37.6 Å². The van der Waals surface area contributed by atoms with Gasteiger partial charge in [-0.2, -0.15) is 0 Å². The van der Waals surface area contributed by atoms with Crippen LogP contribution in [0.2, 0.25) is 0 Å². The molecule has 2 rings (SSSR count). The molecule has 1 aliphatic heterocycles. The highest BCUT2D eigenvalue weighted by atomic mass is 79.9. The van der Waals surface area contributed by atoms with Crippen LogP contribution in [0.25, 0.3) is 0 Å². The molecule has 0 amide bonds. The van der Waals surface area contributed by atoms with Crippen molar-refractivity contribution in [1.82, 2.24) is 4.90 Å². The maximum absolute atomic E-state index is 13.9. The lowest BCUT2D eigenvalue weighted by atomic mass is 10.1. The van der Waals surface area contributed by atoms with Gasteiger partial charge in [0.2, 0.25) is 0 Å². The minimum atomic E-state index is -0.105. The summed E-state index contributed by atoms with van der Waals surface area (Å²) in [7, 11) is 0. The number of hydrogen-bond acceptors (Lipinski definition) is 2. The average Bonchev–Trinajstić information content (AvgIpc) is 2.38. The highest BCUT2D eigenvalue weighted by Gasteiger charge is 2.20. The molecule has 1 aromatic carbocycles. The zero-order chi connectivity index (χ0) is 12.3. The first-order valence-electron chi connectivity index (χ1n) is 6.07. The predicted molar refractivity (Wildman–Crippen MR) is 73.4 cm³/mol. The number of hydrogen-bond donors (Lipinski definition) is 0. The van der Waals surface area contributed by atoms with E-state index < -0.39 is 0 Å². The number of para-hydroxylation sites is 1. The Bertz CT molecular complexity index is 376. The molecule has 2 nitrogen and oxygen atoms in total. The second-order valence-corrected chi connectivity index (χ2v) is 4.86. The van der Waals surface area contributed by atoms with Crippen molar-refractivity contribution < 1.29 is 4.39 Å². The van der Waals surface area contributed by atoms with E-state index in [1.165, 1.54) is 0 Å². The minimum absolute atomic E-state index is 0.105. The number of piperazine rings is 1. The number of rotatable bonds is 3. The number of likely N-dealkylation sites (N-methyl/N-ethyl adjacent to an activating group) is 1. The average molecular weight is 301 g/mol. The fourth-order valence-corrected chi connectivity index (χ4v) is 2.76. The van der Waals surface area contributed by atoms with Crippen molar-refractivity contribution in [2.45, 2.75) is 12.3 Å². The van der Waals surface area contributed by atoms with Gasteiger partial charge in [0.25, 0.3) is 0 Å². The molecule has 0 bridgehead atoms. The molecular weight excluding hydrogens is 283 g/mol. The molecule has 1 heterocycles. The van der Waals surface area contributed by atoms with Gasteiger partial charge in [0.1, 0.15) is 5.82 Å². The maximum atomic E-state index is 13.9. The van der Waals surface area contributed by atoms with Gasteiger partial charge in [0, 0.05) is 31.5 Å². The van der Waals surface area contributed by atoms with Crippen molar-refractivity contribution in [3.63, 3.8) is 0 Å². The van der Waals surface area contributed by atoms with Gasteiger partial charge < -0.3 is 9.80 Å².